The fourth-order valence-corrected chi connectivity index (χ4v) is 1.62. The molecule has 1 saturated carbocycles. The zero-order valence-electron chi connectivity index (χ0n) is 8.20. The molecule has 0 bridgehead atoms. The van der Waals surface area contributed by atoms with E-state index in [1.165, 1.54) is 11.3 Å². The largest absolute Gasteiger partial charge is 0.378 e. The van der Waals surface area contributed by atoms with Crippen LogP contribution < -0.4 is 10.6 Å². The van der Waals surface area contributed by atoms with Crippen molar-refractivity contribution in [3.8, 4) is 0 Å². The highest BCUT2D eigenvalue weighted by Gasteiger charge is 2.34. The first-order valence-electron chi connectivity index (χ1n) is 4.71. The summed E-state index contributed by atoms with van der Waals surface area (Å²) in [6, 6.07) is 9.09. The lowest BCUT2D eigenvalue weighted by molar-refractivity contribution is 0.989. The minimum Gasteiger partial charge on any atom is -0.378 e. The van der Waals surface area contributed by atoms with Crippen LogP contribution >= 0.6 is 0 Å². The molecule has 1 fully saturated rings. The molecule has 0 heterocycles. The zero-order chi connectivity index (χ0) is 9.42. The van der Waals surface area contributed by atoms with Crippen LogP contribution in [0.3, 0.4) is 0 Å². The van der Waals surface area contributed by atoms with Crippen LogP contribution in [0.25, 0.3) is 0 Å². The lowest BCUT2D eigenvalue weighted by atomic mass is 10.1. The van der Waals surface area contributed by atoms with Gasteiger partial charge in [0.05, 0.1) is 0 Å². The second kappa shape index (κ2) is 3.04. The number of nitrogens with two attached hydrogens (primary N) is 1. The van der Waals surface area contributed by atoms with Crippen LogP contribution in [0.4, 0.5) is 5.69 Å². The van der Waals surface area contributed by atoms with E-state index in [0.29, 0.717) is 12.0 Å². The van der Waals surface area contributed by atoms with Gasteiger partial charge in [-0.25, -0.2) is 0 Å². The summed E-state index contributed by atoms with van der Waals surface area (Å²) < 4.78 is 0. The van der Waals surface area contributed by atoms with Gasteiger partial charge in [0.25, 0.3) is 0 Å². The van der Waals surface area contributed by atoms with Gasteiger partial charge in [-0.1, -0.05) is 12.1 Å². The number of hydrogen-bond acceptors (Lipinski definition) is 2. The Morgan fingerprint density at radius 1 is 1.23 bits per heavy atom. The van der Waals surface area contributed by atoms with Gasteiger partial charge in [-0.2, -0.15) is 0 Å². The van der Waals surface area contributed by atoms with Crippen molar-refractivity contribution < 1.29 is 0 Å². The molecule has 0 aliphatic heterocycles. The summed E-state index contributed by atoms with van der Waals surface area (Å²) in [5.74, 6) is 0.621. The van der Waals surface area contributed by atoms with Gasteiger partial charge >= 0.3 is 0 Å². The van der Waals surface area contributed by atoms with Gasteiger partial charge in [-0.15, -0.1) is 0 Å². The highest BCUT2D eigenvalue weighted by Crippen LogP contribution is 2.39. The molecule has 0 spiro atoms. The van der Waals surface area contributed by atoms with Crippen molar-refractivity contribution in [2.75, 3.05) is 19.0 Å². The van der Waals surface area contributed by atoms with E-state index in [1.54, 1.807) is 0 Å². The van der Waals surface area contributed by atoms with Crippen molar-refractivity contribution in [1.29, 1.82) is 0 Å². The predicted molar refractivity (Wildman–Crippen MR) is 56.1 cm³/mol. The minimum atomic E-state index is 0.408. The Labute approximate surface area is 79.4 Å². The first-order chi connectivity index (χ1) is 6.18. The van der Waals surface area contributed by atoms with Crippen LogP contribution in [-0.4, -0.2) is 20.1 Å². The average Bonchev–Trinajstić information content (AvgIpc) is 2.83. The second-order valence-electron chi connectivity index (χ2n) is 3.99. The Morgan fingerprint density at radius 2 is 1.77 bits per heavy atom. The first kappa shape index (κ1) is 8.57. The van der Waals surface area contributed by atoms with E-state index in [9.17, 15) is 0 Å². The lowest BCUT2D eigenvalue weighted by Gasteiger charge is -2.12. The molecular weight excluding hydrogens is 160 g/mol. The molecule has 0 radical (unpaired) electrons. The Balaban J connectivity index is 2.14. The molecule has 0 amide bonds. The van der Waals surface area contributed by atoms with E-state index in [4.69, 9.17) is 5.73 Å². The average molecular weight is 176 g/mol. The van der Waals surface area contributed by atoms with Crippen LogP contribution in [0.2, 0.25) is 0 Å². The van der Waals surface area contributed by atoms with Gasteiger partial charge in [0, 0.05) is 31.7 Å². The molecule has 13 heavy (non-hydrogen) atoms. The highest BCUT2D eigenvalue weighted by molar-refractivity contribution is 5.47. The maximum Gasteiger partial charge on any atom is 0.0361 e. The number of rotatable bonds is 2. The molecule has 70 valence electrons. The van der Waals surface area contributed by atoms with Crippen LogP contribution in [0.1, 0.15) is 17.9 Å². The summed E-state index contributed by atoms with van der Waals surface area (Å²) in [5, 5.41) is 0. The maximum absolute atomic E-state index is 5.79. The number of nitrogens with zero attached hydrogens (tertiary/aromatic N) is 1. The van der Waals surface area contributed by atoms with Gasteiger partial charge in [-0.05, 0) is 24.1 Å². The molecule has 1 aromatic rings. The van der Waals surface area contributed by atoms with Crippen molar-refractivity contribution in [2.45, 2.75) is 18.4 Å². The molecule has 0 aromatic heterocycles. The summed E-state index contributed by atoms with van der Waals surface area (Å²) in [4.78, 5) is 2.11. The minimum absolute atomic E-state index is 0.408. The van der Waals surface area contributed by atoms with Crippen LogP contribution in [0.5, 0.6) is 0 Å². The molecule has 2 rings (SSSR count). The van der Waals surface area contributed by atoms with Crippen LogP contribution in [0, 0.1) is 0 Å². The summed E-state index contributed by atoms with van der Waals surface area (Å²) in [7, 11) is 4.11. The van der Waals surface area contributed by atoms with Crippen molar-refractivity contribution >= 4 is 5.69 Å². The monoisotopic (exact) mass is 176 g/mol. The van der Waals surface area contributed by atoms with E-state index in [0.717, 1.165) is 6.42 Å². The molecule has 2 N–H and O–H groups in total. The van der Waals surface area contributed by atoms with E-state index in [2.05, 4.69) is 43.3 Å². The molecular formula is C11H16N2. The fraction of sp³-hybridized carbons (Fsp3) is 0.455. The Kier molecular flexibility index (Phi) is 2.00. The smallest absolute Gasteiger partial charge is 0.0361 e. The van der Waals surface area contributed by atoms with Gasteiger partial charge in [-0.3, -0.25) is 0 Å². The molecule has 2 nitrogen and oxygen atoms in total. The first-order valence-corrected chi connectivity index (χ1v) is 4.71. The normalized spacial score (nSPS) is 25.8. The van der Waals surface area contributed by atoms with Gasteiger partial charge < -0.3 is 10.6 Å². The summed E-state index contributed by atoms with van der Waals surface area (Å²) in [6.45, 7) is 0. The third-order valence-electron chi connectivity index (χ3n) is 2.68. The number of hydrogen-bond donors (Lipinski definition) is 1. The van der Waals surface area contributed by atoms with Crippen molar-refractivity contribution in [1.82, 2.24) is 0 Å². The SMILES string of the molecule is CN(C)c1ccc([C@H]2CC2N)cc1. The number of anilines is 1. The molecule has 2 atom stereocenters. The summed E-state index contributed by atoms with van der Waals surface area (Å²) in [6.07, 6.45) is 1.15. The van der Waals surface area contributed by atoms with E-state index < -0.39 is 0 Å². The third kappa shape index (κ3) is 1.68. The van der Waals surface area contributed by atoms with E-state index in [1.807, 2.05) is 0 Å². The van der Waals surface area contributed by atoms with E-state index >= 15 is 0 Å². The standard InChI is InChI=1S/C11H16N2/c1-13(2)9-5-3-8(4-6-9)10-7-11(10)12/h3-6,10-11H,7,12H2,1-2H3/t10-,11?/m1/s1. The molecule has 2 heteroatoms. The second-order valence-corrected chi connectivity index (χ2v) is 3.99. The summed E-state index contributed by atoms with van der Waals surface area (Å²) in [5.41, 5.74) is 8.42. The number of benzene rings is 1. The maximum atomic E-state index is 5.79. The van der Waals surface area contributed by atoms with Crippen molar-refractivity contribution in [2.24, 2.45) is 5.73 Å². The van der Waals surface area contributed by atoms with Gasteiger partial charge in [0.1, 0.15) is 0 Å². The fourth-order valence-electron chi connectivity index (χ4n) is 1.62. The van der Waals surface area contributed by atoms with Gasteiger partial charge in [0.2, 0.25) is 0 Å². The predicted octanol–water partition coefficient (Wildman–Crippen LogP) is 1.57. The molecule has 1 aromatic carbocycles. The highest BCUT2D eigenvalue weighted by atomic mass is 15.1. The molecule has 1 aliphatic rings. The Hall–Kier alpha value is -1.02. The molecule has 1 aliphatic carbocycles. The Bertz CT molecular complexity index is 289. The van der Waals surface area contributed by atoms with Gasteiger partial charge in [0.15, 0.2) is 0 Å². The topological polar surface area (TPSA) is 29.3 Å². The van der Waals surface area contributed by atoms with E-state index in [-0.39, 0.29) is 0 Å². The molecule has 0 saturated heterocycles. The molecule has 1 unspecified atom stereocenters. The lowest BCUT2D eigenvalue weighted by Crippen LogP contribution is -2.08. The van der Waals surface area contributed by atoms with Crippen LogP contribution in [-0.2, 0) is 0 Å². The third-order valence-corrected chi connectivity index (χ3v) is 2.68. The zero-order valence-corrected chi connectivity index (χ0v) is 8.20. The van der Waals surface area contributed by atoms with Crippen LogP contribution in [0.15, 0.2) is 24.3 Å². The van der Waals surface area contributed by atoms with Crippen molar-refractivity contribution in [3.63, 3.8) is 0 Å². The quantitative estimate of drug-likeness (QED) is 0.741. The summed E-state index contributed by atoms with van der Waals surface area (Å²) >= 11 is 0. The Morgan fingerprint density at radius 3 is 2.15 bits per heavy atom. The van der Waals surface area contributed by atoms with Crippen molar-refractivity contribution in [3.05, 3.63) is 29.8 Å².